The smallest absolute Gasteiger partial charge is 0.435 e. The molecule has 0 spiro atoms. The maximum absolute atomic E-state index is 13.1. The normalized spacial score (nSPS) is 19.5. The van der Waals surface area contributed by atoms with Crippen molar-refractivity contribution in [2.45, 2.75) is 45.0 Å². The van der Waals surface area contributed by atoms with Gasteiger partial charge in [-0.1, -0.05) is 18.3 Å². The number of halogens is 3. The first-order valence-corrected chi connectivity index (χ1v) is 10.3. The topological polar surface area (TPSA) is 120 Å². The number of carboxylic acids is 1. The Balaban J connectivity index is 1.71. The first-order chi connectivity index (χ1) is 14.5. The van der Waals surface area contributed by atoms with Gasteiger partial charge < -0.3 is 25.0 Å². The quantitative estimate of drug-likeness (QED) is 0.604. The van der Waals surface area contributed by atoms with Crippen LogP contribution in [0.1, 0.15) is 50.7 Å². The van der Waals surface area contributed by atoms with Gasteiger partial charge in [-0.15, -0.1) is 0 Å². The fraction of sp³-hybridized carbons (Fsp3) is 0.556. The van der Waals surface area contributed by atoms with Crippen LogP contribution in [0.2, 0.25) is 0 Å². The van der Waals surface area contributed by atoms with Gasteiger partial charge in [0.05, 0.1) is 17.8 Å². The predicted molar refractivity (Wildman–Crippen MR) is 106 cm³/mol. The van der Waals surface area contributed by atoms with E-state index in [1.165, 1.54) is 14.0 Å². The average Bonchev–Trinajstić information content (AvgIpc) is 3.32. The van der Waals surface area contributed by atoms with Gasteiger partial charge in [0.15, 0.2) is 16.6 Å². The lowest BCUT2D eigenvalue weighted by Crippen LogP contribution is -2.55. The first kappa shape index (κ1) is 23.0. The van der Waals surface area contributed by atoms with Crippen molar-refractivity contribution in [1.82, 2.24) is 20.3 Å². The summed E-state index contributed by atoms with van der Waals surface area (Å²) in [7, 11) is 1.47. The van der Waals surface area contributed by atoms with Crippen molar-refractivity contribution < 1.29 is 32.6 Å². The van der Waals surface area contributed by atoms with Crippen LogP contribution < -0.4 is 10.2 Å². The summed E-state index contributed by atoms with van der Waals surface area (Å²) in [5, 5.41) is 12.4. The molecule has 1 fully saturated rings. The van der Waals surface area contributed by atoms with Crippen LogP contribution >= 0.6 is 11.3 Å². The third kappa shape index (κ3) is 4.82. The molecule has 170 valence electrons. The average molecular weight is 461 g/mol. The fourth-order valence-corrected chi connectivity index (χ4v) is 4.39. The Morgan fingerprint density at radius 2 is 2.10 bits per heavy atom. The molecule has 1 saturated heterocycles. The number of methoxy groups -OCH3 is 1. The summed E-state index contributed by atoms with van der Waals surface area (Å²) in [6.07, 6.45) is -4.64. The van der Waals surface area contributed by atoms with Crippen LogP contribution in [0.25, 0.3) is 0 Å². The SMILES string of the molecule is CCc1[nH]c(C(=O)N[C@@H]2CCN(c3nc(C)c(C(=O)O)s3)C[C@@H]2OC)nc1C(F)(F)F. The fourth-order valence-electron chi connectivity index (χ4n) is 3.45. The zero-order valence-corrected chi connectivity index (χ0v) is 17.9. The molecule has 3 heterocycles. The van der Waals surface area contributed by atoms with Crippen molar-refractivity contribution in [3.05, 3.63) is 27.8 Å². The van der Waals surface area contributed by atoms with Gasteiger partial charge in [-0.05, 0) is 19.8 Å². The number of carbonyl (C=O) groups is 2. The van der Waals surface area contributed by atoms with Crippen molar-refractivity contribution in [3.8, 4) is 0 Å². The maximum Gasteiger partial charge on any atom is 0.435 e. The molecular weight excluding hydrogens is 439 g/mol. The molecule has 31 heavy (non-hydrogen) atoms. The summed E-state index contributed by atoms with van der Waals surface area (Å²) in [5.74, 6) is -2.19. The van der Waals surface area contributed by atoms with Crippen LogP contribution in [-0.2, 0) is 17.3 Å². The standard InChI is InChI=1S/C18H22F3N5O4S/c1-4-9-13(18(19,20)21)25-14(23-9)15(27)24-10-5-6-26(7-11(10)30-3)17-22-8(2)12(31-17)16(28)29/h10-11H,4-7H2,1-3H3,(H,23,25)(H,24,27)(H,28,29)/t10-,11+/m1/s1. The molecule has 2 aromatic heterocycles. The number of aryl methyl sites for hydroxylation is 2. The van der Waals surface area contributed by atoms with E-state index in [0.29, 0.717) is 30.3 Å². The molecule has 3 rings (SSSR count). The summed E-state index contributed by atoms with van der Waals surface area (Å²) in [5.41, 5.74) is -0.822. The number of anilines is 1. The Morgan fingerprint density at radius 3 is 2.61 bits per heavy atom. The molecule has 2 atom stereocenters. The molecule has 2 aromatic rings. The van der Waals surface area contributed by atoms with Gasteiger partial charge in [-0.2, -0.15) is 13.2 Å². The van der Waals surface area contributed by atoms with E-state index in [1.54, 1.807) is 6.92 Å². The molecule has 3 N–H and O–H groups in total. The number of carbonyl (C=O) groups excluding carboxylic acids is 1. The van der Waals surface area contributed by atoms with Gasteiger partial charge >= 0.3 is 12.1 Å². The van der Waals surface area contributed by atoms with Gasteiger partial charge in [0.1, 0.15) is 4.88 Å². The van der Waals surface area contributed by atoms with Gasteiger partial charge in [0, 0.05) is 25.9 Å². The lowest BCUT2D eigenvalue weighted by Gasteiger charge is -2.37. The number of nitrogens with one attached hydrogen (secondary N) is 2. The molecule has 1 aliphatic rings. The zero-order valence-electron chi connectivity index (χ0n) is 17.0. The van der Waals surface area contributed by atoms with E-state index in [4.69, 9.17) is 4.74 Å². The van der Waals surface area contributed by atoms with Crippen LogP contribution in [-0.4, -0.2) is 64.3 Å². The largest absolute Gasteiger partial charge is 0.477 e. The van der Waals surface area contributed by atoms with Gasteiger partial charge in [0.25, 0.3) is 5.91 Å². The molecule has 0 unspecified atom stereocenters. The summed E-state index contributed by atoms with van der Waals surface area (Å²) < 4.78 is 44.7. The third-order valence-corrected chi connectivity index (χ3v) is 6.25. The second kappa shape index (κ2) is 8.83. The van der Waals surface area contributed by atoms with Crippen LogP contribution in [0, 0.1) is 6.92 Å². The highest BCUT2D eigenvalue weighted by Crippen LogP contribution is 2.31. The number of ether oxygens (including phenoxy) is 1. The molecule has 0 aromatic carbocycles. The summed E-state index contributed by atoms with van der Waals surface area (Å²) in [6, 6.07) is -0.460. The Labute approximate surface area is 179 Å². The minimum Gasteiger partial charge on any atom is -0.477 e. The van der Waals surface area contributed by atoms with Crippen molar-refractivity contribution in [2.75, 3.05) is 25.1 Å². The Bertz CT molecular complexity index is 974. The highest BCUT2D eigenvalue weighted by atomic mass is 32.1. The van der Waals surface area contributed by atoms with Crippen molar-refractivity contribution in [2.24, 2.45) is 0 Å². The number of carboxylic acid groups (broad SMARTS) is 1. The van der Waals surface area contributed by atoms with E-state index in [9.17, 15) is 27.9 Å². The van der Waals surface area contributed by atoms with E-state index in [-0.39, 0.29) is 17.0 Å². The van der Waals surface area contributed by atoms with Crippen molar-refractivity contribution in [1.29, 1.82) is 0 Å². The number of amides is 1. The van der Waals surface area contributed by atoms with Crippen molar-refractivity contribution >= 4 is 28.3 Å². The molecule has 13 heteroatoms. The number of thiazole rings is 1. The summed E-state index contributed by atoms with van der Waals surface area (Å²) >= 11 is 1.06. The molecule has 1 amide bonds. The van der Waals surface area contributed by atoms with Gasteiger partial charge in [-0.3, -0.25) is 4.79 Å². The van der Waals surface area contributed by atoms with Gasteiger partial charge in [-0.25, -0.2) is 14.8 Å². The predicted octanol–water partition coefficient (Wildman–Crippen LogP) is 2.48. The van der Waals surface area contributed by atoms with E-state index in [0.717, 1.165) is 11.3 Å². The second-order valence-electron chi connectivity index (χ2n) is 7.07. The van der Waals surface area contributed by atoms with Gasteiger partial charge in [0.2, 0.25) is 0 Å². The third-order valence-electron chi connectivity index (χ3n) is 5.04. The number of aromatic carboxylic acids is 1. The summed E-state index contributed by atoms with van der Waals surface area (Å²) in [4.78, 5) is 36.0. The number of imidazole rings is 1. The van der Waals surface area contributed by atoms with E-state index >= 15 is 0 Å². The lowest BCUT2D eigenvalue weighted by molar-refractivity contribution is -0.141. The number of aromatic nitrogens is 3. The second-order valence-corrected chi connectivity index (χ2v) is 8.05. The molecule has 0 radical (unpaired) electrons. The lowest BCUT2D eigenvalue weighted by atomic mass is 10.0. The van der Waals surface area contributed by atoms with Crippen LogP contribution in [0.3, 0.4) is 0 Å². The highest BCUT2D eigenvalue weighted by molar-refractivity contribution is 7.17. The van der Waals surface area contributed by atoms with E-state index in [1.807, 2.05) is 4.90 Å². The van der Waals surface area contributed by atoms with Crippen molar-refractivity contribution in [3.63, 3.8) is 0 Å². The number of H-pyrrole nitrogens is 1. The number of rotatable bonds is 6. The number of hydrogen-bond acceptors (Lipinski definition) is 7. The Morgan fingerprint density at radius 1 is 1.39 bits per heavy atom. The highest BCUT2D eigenvalue weighted by Gasteiger charge is 2.38. The van der Waals surface area contributed by atoms with Crippen LogP contribution in [0.5, 0.6) is 0 Å². The molecule has 9 nitrogen and oxygen atoms in total. The maximum atomic E-state index is 13.1. The van der Waals surface area contributed by atoms with E-state index in [2.05, 4.69) is 20.3 Å². The molecular formula is C18H22F3N5O4S. The Hall–Kier alpha value is -2.67. The number of nitrogens with zero attached hydrogens (tertiary/aromatic N) is 3. The molecule has 0 aliphatic carbocycles. The minimum absolute atomic E-state index is 0.0553. The van der Waals surface area contributed by atoms with Crippen LogP contribution in [0.4, 0.5) is 18.3 Å². The number of hydrogen-bond donors (Lipinski definition) is 3. The van der Waals surface area contributed by atoms with Crippen LogP contribution in [0.15, 0.2) is 0 Å². The molecule has 0 saturated carbocycles. The minimum atomic E-state index is -4.65. The summed E-state index contributed by atoms with van der Waals surface area (Å²) in [6.45, 7) is 3.95. The first-order valence-electron chi connectivity index (χ1n) is 9.50. The zero-order chi connectivity index (χ0) is 22.9. The molecule has 1 aliphatic heterocycles. The number of piperidine rings is 1. The monoisotopic (exact) mass is 461 g/mol. The van der Waals surface area contributed by atoms with E-state index < -0.39 is 41.7 Å². The Kier molecular flexibility index (Phi) is 6.55. The molecule has 0 bridgehead atoms. The number of aromatic amines is 1. The number of alkyl halides is 3.